The summed E-state index contributed by atoms with van der Waals surface area (Å²) in [5.74, 6) is 0. The summed E-state index contributed by atoms with van der Waals surface area (Å²) in [5, 5.41) is 9.65. The molecule has 0 fully saturated rings. The van der Waals surface area contributed by atoms with Gasteiger partial charge in [0.05, 0.1) is 11.0 Å². The largest absolute Gasteiger partial charge is 0.256 e. The van der Waals surface area contributed by atoms with Gasteiger partial charge in [0.15, 0.2) is 0 Å². The van der Waals surface area contributed by atoms with E-state index in [2.05, 4.69) is 182 Å². The predicted octanol–water partition coefficient (Wildman–Crippen LogP) is 12.9. The molecule has 0 amide bonds. The van der Waals surface area contributed by atoms with Gasteiger partial charge in [-0.05, 0) is 78.8 Å². The quantitative estimate of drug-likeness (QED) is 0.180. The third-order valence-corrected chi connectivity index (χ3v) is 10.1. The Balaban J connectivity index is 1.55. The molecule has 2 heterocycles. The smallest absolute Gasteiger partial charge is 0.0702 e. The monoisotopic (exact) mass is 634 g/mol. The molecule has 0 N–H and O–H groups in total. The molecule has 0 saturated heterocycles. The Bertz CT molecular complexity index is 2710. The first-order valence-electron chi connectivity index (χ1n) is 17.1. The molecule has 0 unspecified atom stereocenters. The Morgan fingerprint density at radius 2 is 0.640 bits per heavy atom. The Hall–Kier alpha value is -6.64. The molecule has 2 aromatic heterocycles. The second-order valence-corrected chi connectivity index (χ2v) is 12.9. The van der Waals surface area contributed by atoms with Crippen molar-refractivity contribution in [3.63, 3.8) is 0 Å². The normalized spacial score (nSPS) is 11.6. The molecule has 2 heteroatoms. The van der Waals surface area contributed by atoms with E-state index in [-0.39, 0.29) is 0 Å². The van der Waals surface area contributed by atoms with Gasteiger partial charge in [0, 0.05) is 45.4 Å². The van der Waals surface area contributed by atoms with Gasteiger partial charge in [-0.1, -0.05) is 146 Å². The van der Waals surface area contributed by atoms with Crippen molar-refractivity contribution < 1.29 is 0 Å². The predicted molar refractivity (Wildman–Crippen MR) is 211 cm³/mol. The summed E-state index contributed by atoms with van der Waals surface area (Å²) in [6.45, 7) is 0. The molecule has 0 spiro atoms. The molecule has 2 nitrogen and oxygen atoms in total. The third-order valence-electron chi connectivity index (χ3n) is 10.1. The van der Waals surface area contributed by atoms with Crippen LogP contribution in [-0.4, -0.2) is 9.97 Å². The molecule has 0 atom stereocenters. The highest BCUT2D eigenvalue weighted by molar-refractivity contribution is 6.35. The SMILES string of the molecule is c1ccc(-c2c(-c3cnc4ccccc4c3)c(-c3cnc4ccccc4c3)c(-c3ccccc3)c3c4ccccc4c4ccccc4c23)cc1. The molecule has 0 aliphatic heterocycles. The van der Waals surface area contributed by atoms with Crippen LogP contribution >= 0.6 is 0 Å². The first kappa shape index (κ1) is 28.4. The maximum atomic E-state index is 5.06. The van der Waals surface area contributed by atoms with Gasteiger partial charge in [0.25, 0.3) is 0 Å². The number of pyridine rings is 2. The molecular weight excluding hydrogens is 605 g/mol. The summed E-state index contributed by atoms with van der Waals surface area (Å²) in [7, 11) is 0. The van der Waals surface area contributed by atoms with Crippen molar-refractivity contribution in [1.82, 2.24) is 9.97 Å². The second-order valence-electron chi connectivity index (χ2n) is 12.9. The maximum Gasteiger partial charge on any atom is 0.0702 e. The van der Waals surface area contributed by atoms with Crippen LogP contribution in [0.1, 0.15) is 0 Å². The molecule has 10 rings (SSSR count). The molecule has 8 aromatic carbocycles. The zero-order valence-corrected chi connectivity index (χ0v) is 27.2. The van der Waals surface area contributed by atoms with Crippen molar-refractivity contribution in [2.45, 2.75) is 0 Å². The molecule has 0 aliphatic carbocycles. The van der Waals surface area contributed by atoms with Crippen molar-refractivity contribution in [3.8, 4) is 44.5 Å². The van der Waals surface area contributed by atoms with E-state index >= 15 is 0 Å². The number of benzene rings is 8. The van der Waals surface area contributed by atoms with E-state index < -0.39 is 0 Å². The average Bonchev–Trinajstić information content (AvgIpc) is 3.20. The number of hydrogen-bond donors (Lipinski definition) is 0. The number of fused-ring (bicyclic) bond motifs is 8. The number of rotatable bonds is 4. The lowest BCUT2D eigenvalue weighted by Crippen LogP contribution is -2.00. The van der Waals surface area contributed by atoms with Gasteiger partial charge in [0.1, 0.15) is 0 Å². The summed E-state index contributed by atoms with van der Waals surface area (Å²) in [6.07, 6.45) is 4.12. The summed E-state index contributed by atoms with van der Waals surface area (Å²) < 4.78 is 0. The highest BCUT2D eigenvalue weighted by Crippen LogP contribution is 2.54. The summed E-state index contributed by atoms with van der Waals surface area (Å²) in [5.41, 5.74) is 11.1. The van der Waals surface area contributed by atoms with Gasteiger partial charge < -0.3 is 0 Å². The van der Waals surface area contributed by atoms with E-state index in [4.69, 9.17) is 9.97 Å². The van der Waals surface area contributed by atoms with Crippen LogP contribution in [0.15, 0.2) is 182 Å². The lowest BCUT2D eigenvalue weighted by atomic mass is 9.76. The van der Waals surface area contributed by atoms with Crippen LogP contribution < -0.4 is 0 Å². The molecular formula is C48H30N2. The first-order chi connectivity index (χ1) is 24.8. The Kier molecular flexibility index (Phi) is 6.53. The minimum atomic E-state index is 0.979. The Labute approximate surface area is 290 Å². The highest BCUT2D eigenvalue weighted by atomic mass is 14.7. The average molecular weight is 635 g/mol. The fourth-order valence-corrected chi connectivity index (χ4v) is 7.94. The van der Waals surface area contributed by atoms with Crippen LogP contribution in [0.5, 0.6) is 0 Å². The minimum absolute atomic E-state index is 0.979. The summed E-state index contributed by atoms with van der Waals surface area (Å²) in [6, 6.07) is 61.0. The zero-order chi connectivity index (χ0) is 33.0. The lowest BCUT2D eigenvalue weighted by Gasteiger charge is -2.26. The van der Waals surface area contributed by atoms with Gasteiger partial charge in [-0.25, -0.2) is 0 Å². The molecule has 10 aromatic rings. The van der Waals surface area contributed by atoms with Gasteiger partial charge >= 0.3 is 0 Å². The fourth-order valence-electron chi connectivity index (χ4n) is 7.94. The van der Waals surface area contributed by atoms with Crippen molar-refractivity contribution >= 4 is 54.1 Å². The standard InChI is InChI=1S/C48H30N2/c1-3-15-31(16-4-1)43-45(35-27-33-19-7-13-25-41(33)49-29-35)46(36-28-34-20-8-14-26-42(34)50-30-36)44(32-17-5-2-6-18-32)48-40-24-12-10-22-38(40)37-21-9-11-23-39(37)47(43)48/h1-30H. The molecule has 0 bridgehead atoms. The summed E-state index contributed by atoms with van der Waals surface area (Å²) >= 11 is 0. The second kappa shape index (κ2) is 11.5. The number of para-hydroxylation sites is 2. The Morgan fingerprint density at radius 1 is 0.280 bits per heavy atom. The van der Waals surface area contributed by atoms with Crippen LogP contribution in [0.3, 0.4) is 0 Å². The van der Waals surface area contributed by atoms with Crippen molar-refractivity contribution in [2.75, 3.05) is 0 Å². The number of aromatic nitrogens is 2. The van der Waals surface area contributed by atoms with Gasteiger partial charge in [-0.3, -0.25) is 9.97 Å². The molecule has 50 heavy (non-hydrogen) atoms. The lowest BCUT2D eigenvalue weighted by molar-refractivity contribution is 1.40. The van der Waals surface area contributed by atoms with Crippen molar-refractivity contribution in [3.05, 3.63) is 182 Å². The van der Waals surface area contributed by atoms with Crippen molar-refractivity contribution in [1.29, 1.82) is 0 Å². The molecule has 0 saturated carbocycles. The van der Waals surface area contributed by atoms with Gasteiger partial charge in [-0.2, -0.15) is 0 Å². The van der Waals surface area contributed by atoms with Crippen LogP contribution in [0, 0.1) is 0 Å². The van der Waals surface area contributed by atoms with E-state index in [0.29, 0.717) is 0 Å². The van der Waals surface area contributed by atoms with Crippen LogP contribution in [-0.2, 0) is 0 Å². The number of hydrogen-bond acceptors (Lipinski definition) is 2. The van der Waals surface area contributed by atoms with E-state index in [1.54, 1.807) is 0 Å². The van der Waals surface area contributed by atoms with E-state index in [0.717, 1.165) is 55.2 Å². The zero-order valence-electron chi connectivity index (χ0n) is 27.2. The fraction of sp³-hybridized carbons (Fsp3) is 0. The van der Waals surface area contributed by atoms with Gasteiger partial charge in [-0.15, -0.1) is 0 Å². The minimum Gasteiger partial charge on any atom is -0.256 e. The van der Waals surface area contributed by atoms with Crippen LogP contribution in [0.2, 0.25) is 0 Å². The molecule has 0 aliphatic rings. The first-order valence-corrected chi connectivity index (χ1v) is 17.1. The van der Waals surface area contributed by atoms with E-state index in [1.165, 1.54) is 43.4 Å². The molecule has 232 valence electrons. The van der Waals surface area contributed by atoms with Crippen LogP contribution in [0.25, 0.3) is 98.6 Å². The topological polar surface area (TPSA) is 25.8 Å². The maximum absolute atomic E-state index is 5.06. The van der Waals surface area contributed by atoms with Gasteiger partial charge in [0.2, 0.25) is 0 Å². The summed E-state index contributed by atoms with van der Waals surface area (Å²) in [4.78, 5) is 10.1. The third kappa shape index (κ3) is 4.43. The number of nitrogens with zero attached hydrogens (tertiary/aromatic N) is 2. The van der Waals surface area contributed by atoms with Crippen molar-refractivity contribution in [2.24, 2.45) is 0 Å². The highest BCUT2D eigenvalue weighted by Gasteiger charge is 2.27. The van der Waals surface area contributed by atoms with Crippen LogP contribution in [0.4, 0.5) is 0 Å². The Morgan fingerprint density at radius 3 is 1.08 bits per heavy atom. The van der Waals surface area contributed by atoms with E-state index in [1.807, 2.05) is 0 Å². The molecule has 0 radical (unpaired) electrons. The van der Waals surface area contributed by atoms with E-state index in [9.17, 15) is 0 Å².